The van der Waals surface area contributed by atoms with Gasteiger partial charge in [0.25, 0.3) is 5.91 Å². The van der Waals surface area contributed by atoms with Crippen LogP contribution in [0.25, 0.3) is 0 Å². The maximum absolute atomic E-state index is 12.6. The Hall–Kier alpha value is -1.39. The monoisotopic (exact) mass is 275 g/mol. The molecule has 1 N–H and O–H groups in total. The predicted molar refractivity (Wildman–Crippen MR) is 81.8 cm³/mol. The third kappa shape index (κ3) is 3.81. The highest BCUT2D eigenvalue weighted by atomic mass is 16.2. The van der Waals surface area contributed by atoms with Crippen LogP contribution in [-0.4, -0.2) is 56.0 Å². The fourth-order valence-electron chi connectivity index (χ4n) is 2.75. The quantitative estimate of drug-likeness (QED) is 0.906. The van der Waals surface area contributed by atoms with Crippen molar-refractivity contribution in [2.75, 3.05) is 34.2 Å². The Morgan fingerprint density at radius 3 is 2.95 bits per heavy atom. The third-order valence-electron chi connectivity index (χ3n) is 3.79. The summed E-state index contributed by atoms with van der Waals surface area (Å²) in [7, 11) is 6.05. The number of hydrogen-bond donors (Lipinski definition) is 1. The molecular formula is C16H25N3O. The van der Waals surface area contributed by atoms with Gasteiger partial charge in [-0.2, -0.15) is 0 Å². The number of amides is 1. The van der Waals surface area contributed by atoms with Gasteiger partial charge >= 0.3 is 0 Å². The minimum absolute atomic E-state index is 0.158. The normalized spacial score (nSPS) is 19.4. The Bertz CT molecular complexity index is 459. The highest BCUT2D eigenvalue weighted by molar-refractivity contribution is 5.94. The van der Waals surface area contributed by atoms with Gasteiger partial charge in [0.2, 0.25) is 0 Å². The molecule has 0 bridgehead atoms. The van der Waals surface area contributed by atoms with Crippen LogP contribution in [0.3, 0.4) is 0 Å². The van der Waals surface area contributed by atoms with Gasteiger partial charge < -0.3 is 15.1 Å². The molecule has 1 aromatic rings. The van der Waals surface area contributed by atoms with Crippen molar-refractivity contribution < 1.29 is 4.79 Å². The number of benzene rings is 1. The number of hydrogen-bond acceptors (Lipinski definition) is 3. The molecule has 0 saturated carbocycles. The number of likely N-dealkylation sites (tertiary alicyclic amines) is 1. The fourth-order valence-corrected chi connectivity index (χ4v) is 2.75. The first-order chi connectivity index (χ1) is 9.60. The molecule has 4 heteroatoms. The van der Waals surface area contributed by atoms with Crippen LogP contribution in [0.2, 0.25) is 0 Å². The molecule has 1 aromatic carbocycles. The molecular weight excluding hydrogens is 250 g/mol. The Kier molecular flexibility index (Phi) is 5.15. The van der Waals surface area contributed by atoms with Crippen molar-refractivity contribution in [2.24, 2.45) is 0 Å². The van der Waals surface area contributed by atoms with E-state index in [9.17, 15) is 4.79 Å². The summed E-state index contributed by atoms with van der Waals surface area (Å²) in [6, 6.07) is 8.42. The molecule has 4 nitrogen and oxygen atoms in total. The van der Waals surface area contributed by atoms with Crippen molar-refractivity contribution in [1.82, 2.24) is 15.1 Å². The second kappa shape index (κ2) is 6.86. The number of carbonyl (C=O) groups excluding carboxylic acids is 1. The number of piperidine rings is 1. The summed E-state index contributed by atoms with van der Waals surface area (Å²) in [6.07, 6.45) is 2.23. The molecule has 0 spiro atoms. The largest absolute Gasteiger partial charge is 0.337 e. The van der Waals surface area contributed by atoms with E-state index >= 15 is 0 Å². The first-order valence-electron chi connectivity index (χ1n) is 7.30. The number of nitrogens with zero attached hydrogens (tertiary/aromatic N) is 2. The van der Waals surface area contributed by atoms with Crippen LogP contribution >= 0.6 is 0 Å². The summed E-state index contributed by atoms with van der Waals surface area (Å²) in [4.78, 5) is 16.7. The van der Waals surface area contributed by atoms with Gasteiger partial charge in [0, 0.05) is 31.2 Å². The maximum atomic E-state index is 12.6. The molecule has 1 aliphatic heterocycles. The number of likely N-dealkylation sites (N-methyl/N-ethyl adjacent to an activating group) is 1. The van der Waals surface area contributed by atoms with Crippen LogP contribution in [0.15, 0.2) is 24.3 Å². The standard InChI is InChI=1S/C16H25N3O/c1-17-15-8-5-9-19(12-15)16(20)14-7-4-6-13(10-14)11-18(2)3/h4,6-7,10,15,17H,5,8-9,11-12H2,1-3H3/t15-/m0/s1. The first kappa shape index (κ1) is 15.0. The summed E-state index contributed by atoms with van der Waals surface area (Å²) >= 11 is 0. The van der Waals surface area contributed by atoms with Gasteiger partial charge in [0.1, 0.15) is 0 Å². The van der Waals surface area contributed by atoms with Crippen molar-refractivity contribution in [1.29, 1.82) is 0 Å². The van der Waals surface area contributed by atoms with Crippen molar-refractivity contribution >= 4 is 5.91 Å². The van der Waals surface area contributed by atoms with Gasteiger partial charge in [-0.05, 0) is 51.7 Å². The summed E-state index contributed by atoms with van der Waals surface area (Å²) < 4.78 is 0. The zero-order valence-electron chi connectivity index (χ0n) is 12.7. The Morgan fingerprint density at radius 1 is 1.45 bits per heavy atom. The molecule has 0 aromatic heterocycles. The maximum Gasteiger partial charge on any atom is 0.253 e. The highest BCUT2D eigenvalue weighted by Gasteiger charge is 2.23. The van der Waals surface area contributed by atoms with Gasteiger partial charge in [0.15, 0.2) is 0 Å². The van der Waals surface area contributed by atoms with E-state index in [0.717, 1.165) is 38.0 Å². The van der Waals surface area contributed by atoms with E-state index < -0.39 is 0 Å². The minimum Gasteiger partial charge on any atom is -0.337 e. The number of rotatable bonds is 4. The molecule has 20 heavy (non-hydrogen) atoms. The number of carbonyl (C=O) groups is 1. The van der Waals surface area contributed by atoms with Crippen molar-refractivity contribution in [3.05, 3.63) is 35.4 Å². The van der Waals surface area contributed by atoms with Crippen LogP contribution in [0.5, 0.6) is 0 Å². The second-order valence-electron chi connectivity index (χ2n) is 5.82. The van der Waals surface area contributed by atoms with Crippen LogP contribution in [0.1, 0.15) is 28.8 Å². The topological polar surface area (TPSA) is 35.6 Å². The SMILES string of the molecule is CN[C@H]1CCCN(C(=O)c2cccc(CN(C)C)c2)C1. The molecule has 1 amide bonds. The van der Waals surface area contributed by atoms with E-state index in [1.54, 1.807) is 0 Å². The predicted octanol–water partition coefficient (Wildman–Crippen LogP) is 1.57. The third-order valence-corrected chi connectivity index (χ3v) is 3.79. The van der Waals surface area contributed by atoms with Gasteiger partial charge in [0.05, 0.1) is 0 Å². The van der Waals surface area contributed by atoms with E-state index in [1.807, 2.05) is 44.2 Å². The van der Waals surface area contributed by atoms with E-state index in [2.05, 4.69) is 16.3 Å². The molecule has 1 fully saturated rings. The number of nitrogens with one attached hydrogen (secondary N) is 1. The molecule has 0 aliphatic carbocycles. The lowest BCUT2D eigenvalue weighted by Crippen LogP contribution is -2.46. The van der Waals surface area contributed by atoms with Crippen LogP contribution < -0.4 is 5.32 Å². The van der Waals surface area contributed by atoms with E-state index in [0.29, 0.717) is 6.04 Å². The zero-order chi connectivity index (χ0) is 14.5. The van der Waals surface area contributed by atoms with E-state index in [-0.39, 0.29) is 5.91 Å². The lowest BCUT2D eigenvalue weighted by Gasteiger charge is -2.32. The minimum atomic E-state index is 0.158. The summed E-state index contributed by atoms with van der Waals surface area (Å²) in [5, 5.41) is 3.28. The average Bonchev–Trinajstić information content (AvgIpc) is 2.46. The van der Waals surface area contributed by atoms with Crippen molar-refractivity contribution in [2.45, 2.75) is 25.4 Å². The van der Waals surface area contributed by atoms with Crippen molar-refractivity contribution in [3.8, 4) is 0 Å². The molecule has 1 heterocycles. The Labute approximate surface area is 121 Å². The van der Waals surface area contributed by atoms with Gasteiger partial charge in [-0.15, -0.1) is 0 Å². The Morgan fingerprint density at radius 2 is 2.25 bits per heavy atom. The lowest BCUT2D eigenvalue weighted by atomic mass is 10.0. The molecule has 0 unspecified atom stereocenters. The van der Waals surface area contributed by atoms with Crippen LogP contribution in [0.4, 0.5) is 0 Å². The van der Waals surface area contributed by atoms with Crippen molar-refractivity contribution in [3.63, 3.8) is 0 Å². The highest BCUT2D eigenvalue weighted by Crippen LogP contribution is 2.15. The zero-order valence-corrected chi connectivity index (χ0v) is 12.7. The lowest BCUT2D eigenvalue weighted by molar-refractivity contribution is 0.0698. The average molecular weight is 275 g/mol. The van der Waals surface area contributed by atoms with E-state index in [4.69, 9.17) is 0 Å². The molecule has 1 saturated heterocycles. The summed E-state index contributed by atoms with van der Waals surface area (Å²) in [6.45, 7) is 2.54. The smallest absolute Gasteiger partial charge is 0.253 e. The molecule has 1 atom stereocenters. The van der Waals surface area contributed by atoms with E-state index in [1.165, 1.54) is 5.56 Å². The summed E-state index contributed by atoms with van der Waals surface area (Å²) in [5.41, 5.74) is 1.99. The van der Waals surface area contributed by atoms with Crippen LogP contribution in [0, 0.1) is 0 Å². The van der Waals surface area contributed by atoms with Crippen LogP contribution in [-0.2, 0) is 6.54 Å². The van der Waals surface area contributed by atoms with Gasteiger partial charge in [-0.25, -0.2) is 0 Å². The molecule has 1 aliphatic rings. The molecule has 0 radical (unpaired) electrons. The van der Waals surface area contributed by atoms with Gasteiger partial charge in [-0.3, -0.25) is 4.79 Å². The fraction of sp³-hybridized carbons (Fsp3) is 0.562. The Balaban J connectivity index is 2.08. The first-order valence-corrected chi connectivity index (χ1v) is 7.30. The second-order valence-corrected chi connectivity index (χ2v) is 5.82. The van der Waals surface area contributed by atoms with Gasteiger partial charge in [-0.1, -0.05) is 12.1 Å². The molecule has 2 rings (SSSR count). The summed E-state index contributed by atoms with van der Waals surface area (Å²) in [5.74, 6) is 0.158. The molecule has 110 valence electrons.